The van der Waals surface area contributed by atoms with Crippen molar-refractivity contribution in [2.24, 2.45) is 5.92 Å². The van der Waals surface area contributed by atoms with Crippen LogP contribution < -0.4 is 4.90 Å². The quantitative estimate of drug-likeness (QED) is 0.740. The average molecular weight is 354 g/mol. The Morgan fingerprint density at radius 2 is 2.15 bits per heavy atom. The van der Waals surface area contributed by atoms with Gasteiger partial charge in [0.2, 0.25) is 0 Å². The summed E-state index contributed by atoms with van der Waals surface area (Å²) >= 11 is 0. The number of aromatic nitrogens is 5. The molecule has 1 aliphatic rings. The lowest BCUT2D eigenvalue weighted by atomic mass is 9.98. The molecule has 1 saturated heterocycles. The van der Waals surface area contributed by atoms with Crippen molar-refractivity contribution in [3.8, 4) is 11.5 Å². The molecule has 1 aromatic carbocycles. The van der Waals surface area contributed by atoms with Crippen LogP contribution in [0.4, 0.5) is 5.95 Å². The third kappa shape index (κ3) is 3.41. The molecule has 0 bridgehead atoms. The van der Waals surface area contributed by atoms with E-state index in [1.54, 1.807) is 4.68 Å². The van der Waals surface area contributed by atoms with Crippen molar-refractivity contribution in [3.05, 3.63) is 42.2 Å². The molecule has 0 aliphatic carbocycles. The normalized spacial score (nSPS) is 17.4. The highest BCUT2D eigenvalue weighted by atomic mass is 16.5. The fourth-order valence-corrected chi connectivity index (χ4v) is 3.19. The summed E-state index contributed by atoms with van der Waals surface area (Å²) in [5, 5.41) is 20.6. The van der Waals surface area contributed by atoms with Crippen LogP contribution in [0.1, 0.15) is 23.3 Å². The summed E-state index contributed by atoms with van der Waals surface area (Å²) in [4.78, 5) is 17.5. The molecule has 2 aromatic heterocycles. The monoisotopic (exact) mass is 354 g/mol. The number of hydrogen-bond donors (Lipinski definition) is 1. The number of hydrogen-bond acceptors (Lipinski definition) is 7. The van der Waals surface area contributed by atoms with Crippen LogP contribution in [-0.2, 0) is 6.54 Å². The van der Waals surface area contributed by atoms with Gasteiger partial charge in [-0.05, 0) is 36.0 Å². The third-order valence-electron chi connectivity index (χ3n) is 4.44. The lowest BCUT2D eigenvalue weighted by molar-refractivity contribution is 0.0690. The molecule has 1 atom stereocenters. The zero-order valence-electron chi connectivity index (χ0n) is 14.0. The summed E-state index contributed by atoms with van der Waals surface area (Å²) in [5.41, 5.74) is 0.854. The molecule has 0 saturated carbocycles. The summed E-state index contributed by atoms with van der Waals surface area (Å²) in [7, 11) is 0. The largest absolute Gasteiger partial charge is 0.476 e. The van der Waals surface area contributed by atoms with Crippen molar-refractivity contribution in [1.29, 1.82) is 0 Å². The van der Waals surface area contributed by atoms with Gasteiger partial charge in [0.1, 0.15) is 0 Å². The lowest BCUT2D eigenvalue weighted by Crippen LogP contribution is -2.37. The van der Waals surface area contributed by atoms with Crippen LogP contribution in [0.25, 0.3) is 11.5 Å². The Bertz CT molecular complexity index is 891. The molecule has 0 spiro atoms. The minimum atomic E-state index is -1.07. The van der Waals surface area contributed by atoms with Crippen LogP contribution in [0.2, 0.25) is 0 Å². The van der Waals surface area contributed by atoms with Crippen LogP contribution in [0.5, 0.6) is 0 Å². The van der Waals surface area contributed by atoms with Crippen molar-refractivity contribution < 1.29 is 14.4 Å². The molecule has 1 N–H and O–H groups in total. The van der Waals surface area contributed by atoms with Crippen LogP contribution in [0, 0.1) is 5.92 Å². The second-order valence-electron chi connectivity index (χ2n) is 6.35. The first-order chi connectivity index (χ1) is 12.7. The van der Waals surface area contributed by atoms with Gasteiger partial charge in [0.15, 0.2) is 5.69 Å². The van der Waals surface area contributed by atoms with Gasteiger partial charge in [-0.3, -0.25) is 4.68 Å². The minimum Gasteiger partial charge on any atom is -0.476 e. The predicted molar refractivity (Wildman–Crippen MR) is 91.7 cm³/mol. The maximum Gasteiger partial charge on any atom is 0.358 e. The molecule has 9 heteroatoms. The zero-order chi connectivity index (χ0) is 17.9. The lowest BCUT2D eigenvalue weighted by Gasteiger charge is -2.31. The highest BCUT2D eigenvalue weighted by Crippen LogP contribution is 2.25. The van der Waals surface area contributed by atoms with Gasteiger partial charge >= 0.3 is 5.97 Å². The predicted octanol–water partition coefficient (Wildman–Crippen LogP) is 1.94. The van der Waals surface area contributed by atoms with Gasteiger partial charge < -0.3 is 14.5 Å². The number of nitrogens with zero attached hydrogens (tertiary/aromatic N) is 6. The molecule has 3 aromatic rings. The standard InChI is InChI=1S/C17H18N6O3/c24-16(25)14-11-23(21-19-14)10-12-5-4-8-22(9-12)17-18-15(26-20-17)13-6-2-1-3-7-13/h1-3,6-7,11-12H,4-5,8-10H2,(H,24,25). The Balaban J connectivity index is 1.43. The van der Waals surface area contributed by atoms with Gasteiger partial charge in [-0.15, -0.1) is 5.10 Å². The van der Waals surface area contributed by atoms with E-state index in [9.17, 15) is 4.79 Å². The molecular weight excluding hydrogens is 336 g/mol. The van der Waals surface area contributed by atoms with Crippen molar-refractivity contribution in [1.82, 2.24) is 25.1 Å². The third-order valence-corrected chi connectivity index (χ3v) is 4.44. The molecule has 1 aliphatic heterocycles. The van der Waals surface area contributed by atoms with Gasteiger partial charge in [0.05, 0.1) is 6.20 Å². The minimum absolute atomic E-state index is 0.0386. The Hall–Kier alpha value is -3.23. The summed E-state index contributed by atoms with van der Waals surface area (Å²) in [6.07, 6.45) is 3.49. The number of rotatable bonds is 5. The molecule has 1 fully saturated rings. The number of anilines is 1. The van der Waals surface area contributed by atoms with Crippen molar-refractivity contribution in [2.45, 2.75) is 19.4 Å². The second-order valence-corrected chi connectivity index (χ2v) is 6.35. The first-order valence-electron chi connectivity index (χ1n) is 8.46. The molecule has 26 heavy (non-hydrogen) atoms. The first-order valence-corrected chi connectivity index (χ1v) is 8.46. The zero-order valence-corrected chi connectivity index (χ0v) is 14.0. The Morgan fingerprint density at radius 3 is 2.92 bits per heavy atom. The number of benzene rings is 1. The fourth-order valence-electron chi connectivity index (χ4n) is 3.19. The van der Waals surface area contributed by atoms with Crippen molar-refractivity contribution in [2.75, 3.05) is 18.0 Å². The second kappa shape index (κ2) is 6.95. The van der Waals surface area contributed by atoms with Gasteiger partial charge in [-0.1, -0.05) is 23.4 Å². The molecule has 0 radical (unpaired) electrons. The van der Waals surface area contributed by atoms with E-state index >= 15 is 0 Å². The van der Waals surface area contributed by atoms with E-state index in [0.717, 1.165) is 31.5 Å². The van der Waals surface area contributed by atoms with Crippen LogP contribution in [0.3, 0.4) is 0 Å². The molecular formula is C17H18N6O3. The summed E-state index contributed by atoms with van der Waals surface area (Å²) in [5.74, 6) is 0.330. The van der Waals surface area contributed by atoms with E-state index in [2.05, 4.69) is 25.4 Å². The Morgan fingerprint density at radius 1 is 1.31 bits per heavy atom. The van der Waals surface area contributed by atoms with E-state index in [1.807, 2.05) is 30.3 Å². The van der Waals surface area contributed by atoms with Gasteiger partial charge in [0.25, 0.3) is 11.8 Å². The van der Waals surface area contributed by atoms with E-state index in [0.29, 0.717) is 24.3 Å². The molecule has 3 heterocycles. The Kier molecular flexibility index (Phi) is 4.34. The fraction of sp³-hybridized carbons (Fsp3) is 0.353. The van der Waals surface area contributed by atoms with Crippen molar-refractivity contribution >= 4 is 11.9 Å². The highest BCUT2D eigenvalue weighted by Gasteiger charge is 2.24. The van der Waals surface area contributed by atoms with Gasteiger partial charge in [-0.25, -0.2) is 4.79 Å². The number of piperidine rings is 1. The van der Waals surface area contributed by atoms with E-state index in [1.165, 1.54) is 6.20 Å². The summed E-state index contributed by atoms with van der Waals surface area (Å²) < 4.78 is 6.98. The van der Waals surface area contributed by atoms with E-state index in [4.69, 9.17) is 9.63 Å². The highest BCUT2D eigenvalue weighted by molar-refractivity contribution is 5.84. The summed E-state index contributed by atoms with van der Waals surface area (Å²) in [6, 6.07) is 9.66. The van der Waals surface area contributed by atoms with Crippen LogP contribution in [0.15, 0.2) is 41.1 Å². The van der Waals surface area contributed by atoms with E-state index < -0.39 is 5.97 Å². The smallest absolute Gasteiger partial charge is 0.358 e. The maximum absolute atomic E-state index is 10.9. The number of carboxylic acids is 1. The van der Waals surface area contributed by atoms with Crippen molar-refractivity contribution in [3.63, 3.8) is 0 Å². The van der Waals surface area contributed by atoms with Gasteiger partial charge in [0, 0.05) is 25.2 Å². The SMILES string of the molecule is O=C(O)c1cn(CC2CCCN(c3noc(-c4ccccc4)n3)C2)nn1. The van der Waals surface area contributed by atoms with Gasteiger partial charge in [-0.2, -0.15) is 4.98 Å². The summed E-state index contributed by atoms with van der Waals surface area (Å²) in [6.45, 7) is 2.23. The molecule has 0 amide bonds. The number of carbonyl (C=O) groups is 1. The number of carboxylic acid groups (broad SMARTS) is 1. The van der Waals surface area contributed by atoms with Crippen LogP contribution >= 0.6 is 0 Å². The van der Waals surface area contributed by atoms with Crippen LogP contribution in [-0.4, -0.2) is 49.3 Å². The maximum atomic E-state index is 10.9. The molecule has 134 valence electrons. The first kappa shape index (κ1) is 16.2. The average Bonchev–Trinajstić information content (AvgIpc) is 3.32. The van der Waals surface area contributed by atoms with E-state index in [-0.39, 0.29) is 5.69 Å². The Labute approximate surface area is 149 Å². The molecule has 9 nitrogen and oxygen atoms in total. The number of aromatic carboxylic acids is 1. The topological polar surface area (TPSA) is 110 Å². The molecule has 1 unspecified atom stereocenters. The molecule has 4 rings (SSSR count).